The highest BCUT2D eigenvalue weighted by Crippen LogP contribution is 2.42. The highest BCUT2D eigenvalue weighted by Gasteiger charge is 2.42. The standard InChI is InChI=1S/C26H25ClF4N6O2/c1-14-21(15(2)35(3)34-14)22-20(39-24(38)26(29,30)31)7-6-19-23(22)33-25(36-10-8-32-9-11-36)37(19)13-16-4-5-18(28)17(27)12-16/h4-7,12,32H,8-11,13H2,1-3H3. The summed E-state index contributed by atoms with van der Waals surface area (Å²) < 4.78 is 61.9. The molecule has 0 saturated carbocycles. The Balaban J connectivity index is 1.77. The van der Waals surface area contributed by atoms with E-state index in [1.165, 1.54) is 18.2 Å². The van der Waals surface area contributed by atoms with Gasteiger partial charge in [-0.3, -0.25) is 4.68 Å². The summed E-state index contributed by atoms with van der Waals surface area (Å²) in [4.78, 5) is 18.9. The molecule has 0 bridgehead atoms. The van der Waals surface area contributed by atoms with E-state index >= 15 is 0 Å². The first-order valence-electron chi connectivity index (χ1n) is 12.2. The van der Waals surface area contributed by atoms with E-state index in [-0.39, 0.29) is 22.9 Å². The molecule has 0 radical (unpaired) electrons. The third-order valence-corrected chi connectivity index (χ3v) is 7.07. The minimum absolute atomic E-state index is 0.0238. The molecule has 0 amide bonds. The van der Waals surface area contributed by atoms with Crippen molar-refractivity contribution in [3.05, 3.63) is 58.1 Å². The van der Waals surface area contributed by atoms with Crippen LogP contribution in [0.5, 0.6) is 5.75 Å². The fourth-order valence-electron chi connectivity index (χ4n) is 4.86. The van der Waals surface area contributed by atoms with Crippen LogP contribution in [0.2, 0.25) is 5.02 Å². The van der Waals surface area contributed by atoms with Crippen molar-refractivity contribution in [3.63, 3.8) is 0 Å². The van der Waals surface area contributed by atoms with Gasteiger partial charge in [-0.25, -0.2) is 14.2 Å². The molecule has 5 rings (SSSR count). The Morgan fingerprint density at radius 2 is 1.85 bits per heavy atom. The number of hydrogen-bond donors (Lipinski definition) is 1. The first-order chi connectivity index (χ1) is 18.5. The first-order valence-corrected chi connectivity index (χ1v) is 12.6. The largest absolute Gasteiger partial charge is 0.491 e. The number of anilines is 1. The number of carbonyl (C=O) groups excluding carboxylic acids is 1. The second kappa shape index (κ2) is 10.2. The molecule has 0 aliphatic carbocycles. The average Bonchev–Trinajstić information content (AvgIpc) is 3.37. The third-order valence-electron chi connectivity index (χ3n) is 6.78. The molecule has 8 nitrogen and oxygen atoms in total. The summed E-state index contributed by atoms with van der Waals surface area (Å²) in [6.45, 7) is 6.49. The molecule has 39 heavy (non-hydrogen) atoms. The van der Waals surface area contributed by atoms with Gasteiger partial charge in [-0.1, -0.05) is 17.7 Å². The Kier molecular flexibility index (Phi) is 7.02. The van der Waals surface area contributed by atoms with Crippen molar-refractivity contribution in [1.29, 1.82) is 0 Å². The molecule has 2 aromatic heterocycles. The summed E-state index contributed by atoms with van der Waals surface area (Å²) in [7, 11) is 1.72. The van der Waals surface area contributed by atoms with Crippen molar-refractivity contribution < 1.29 is 27.1 Å². The molecular weight excluding hydrogens is 540 g/mol. The predicted molar refractivity (Wildman–Crippen MR) is 139 cm³/mol. The molecule has 206 valence electrons. The Bertz CT molecular complexity index is 1570. The minimum atomic E-state index is -5.18. The van der Waals surface area contributed by atoms with Crippen LogP contribution in [0.25, 0.3) is 22.2 Å². The zero-order chi connectivity index (χ0) is 28.1. The van der Waals surface area contributed by atoms with E-state index in [0.29, 0.717) is 65.7 Å². The lowest BCUT2D eigenvalue weighted by Gasteiger charge is -2.29. The maximum Gasteiger partial charge on any atom is 0.491 e. The van der Waals surface area contributed by atoms with Gasteiger partial charge in [0.15, 0.2) is 0 Å². The SMILES string of the molecule is Cc1nn(C)c(C)c1-c1c(OC(=O)C(F)(F)F)ccc2c1nc(N1CCNCC1)n2Cc1ccc(F)c(Cl)c1. The number of hydrogen-bond acceptors (Lipinski definition) is 6. The first kappa shape index (κ1) is 26.9. The number of esters is 1. The molecule has 3 heterocycles. The number of halogens is 5. The van der Waals surface area contributed by atoms with Gasteiger partial charge in [-0.2, -0.15) is 18.3 Å². The number of nitrogens with zero attached hydrogens (tertiary/aromatic N) is 5. The van der Waals surface area contributed by atoms with Crippen LogP contribution in [0, 0.1) is 19.7 Å². The lowest BCUT2D eigenvalue weighted by molar-refractivity contribution is -0.189. The maximum atomic E-state index is 13.9. The number of aryl methyl sites for hydroxylation is 2. The quantitative estimate of drug-likeness (QED) is 0.214. The number of imidazole rings is 1. The highest BCUT2D eigenvalue weighted by molar-refractivity contribution is 6.30. The summed E-state index contributed by atoms with van der Waals surface area (Å²) >= 11 is 6.04. The fourth-order valence-corrected chi connectivity index (χ4v) is 5.07. The number of nitrogens with one attached hydrogen (secondary N) is 1. The van der Waals surface area contributed by atoms with Gasteiger partial charge in [0.05, 0.1) is 28.3 Å². The highest BCUT2D eigenvalue weighted by atomic mass is 35.5. The Labute approximate surface area is 226 Å². The van der Waals surface area contributed by atoms with E-state index in [2.05, 4.69) is 15.3 Å². The predicted octanol–water partition coefficient (Wildman–Crippen LogP) is 4.77. The molecule has 13 heteroatoms. The minimum Gasteiger partial charge on any atom is -0.419 e. The number of piperazine rings is 1. The lowest BCUT2D eigenvalue weighted by atomic mass is 10.0. The molecule has 4 aromatic rings. The van der Waals surface area contributed by atoms with Gasteiger partial charge < -0.3 is 19.5 Å². The van der Waals surface area contributed by atoms with E-state index in [1.807, 2.05) is 4.57 Å². The number of alkyl halides is 3. The van der Waals surface area contributed by atoms with Crippen LogP contribution in [0.3, 0.4) is 0 Å². The number of aromatic nitrogens is 4. The number of ether oxygens (including phenoxy) is 1. The Hall–Kier alpha value is -3.64. The molecule has 1 aliphatic rings. The molecule has 0 unspecified atom stereocenters. The van der Waals surface area contributed by atoms with Crippen LogP contribution in [-0.4, -0.2) is 57.7 Å². The fraction of sp³-hybridized carbons (Fsp3) is 0.346. The summed E-state index contributed by atoms with van der Waals surface area (Å²) in [6.07, 6.45) is -5.18. The number of fused-ring (bicyclic) bond motifs is 1. The van der Waals surface area contributed by atoms with Crippen molar-refractivity contribution in [1.82, 2.24) is 24.6 Å². The van der Waals surface area contributed by atoms with Crippen LogP contribution < -0.4 is 15.0 Å². The maximum absolute atomic E-state index is 13.9. The number of rotatable bonds is 5. The summed E-state index contributed by atoms with van der Waals surface area (Å²) in [6, 6.07) is 7.33. The van der Waals surface area contributed by atoms with Gasteiger partial charge in [-0.05, 0) is 43.7 Å². The molecule has 1 fully saturated rings. The normalized spacial score (nSPS) is 14.3. The van der Waals surface area contributed by atoms with Crippen molar-refractivity contribution in [3.8, 4) is 16.9 Å². The van der Waals surface area contributed by atoms with Gasteiger partial charge in [-0.15, -0.1) is 0 Å². The van der Waals surface area contributed by atoms with E-state index in [4.69, 9.17) is 21.3 Å². The Morgan fingerprint density at radius 3 is 2.46 bits per heavy atom. The topological polar surface area (TPSA) is 77.2 Å². The molecule has 1 aliphatic heterocycles. The van der Waals surface area contributed by atoms with Crippen LogP contribution in [0.1, 0.15) is 17.0 Å². The molecule has 0 spiro atoms. The van der Waals surface area contributed by atoms with Gasteiger partial charge in [0, 0.05) is 44.5 Å². The van der Waals surface area contributed by atoms with Crippen LogP contribution in [0.15, 0.2) is 30.3 Å². The Morgan fingerprint density at radius 1 is 1.13 bits per heavy atom. The van der Waals surface area contributed by atoms with Crippen molar-refractivity contribution in [2.24, 2.45) is 7.05 Å². The van der Waals surface area contributed by atoms with E-state index < -0.39 is 18.0 Å². The zero-order valence-corrected chi connectivity index (χ0v) is 22.1. The van der Waals surface area contributed by atoms with Gasteiger partial charge in [0.1, 0.15) is 17.1 Å². The van der Waals surface area contributed by atoms with Crippen molar-refractivity contribution >= 4 is 34.6 Å². The third kappa shape index (κ3) is 5.06. The van der Waals surface area contributed by atoms with Crippen molar-refractivity contribution in [2.45, 2.75) is 26.6 Å². The van der Waals surface area contributed by atoms with Gasteiger partial charge in [0.2, 0.25) is 5.95 Å². The molecule has 1 N–H and O–H groups in total. The molecular formula is C26H25ClF4N6O2. The molecule has 0 atom stereocenters. The zero-order valence-electron chi connectivity index (χ0n) is 21.4. The van der Waals surface area contributed by atoms with E-state index in [1.54, 1.807) is 37.7 Å². The second-order valence-electron chi connectivity index (χ2n) is 9.35. The van der Waals surface area contributed by atoms with Crippen molar-refractivity contribution in [2.75, 3.05) is 31.1 Å². The second-order valence-corrected chi connectivity index (χ2v) is 9.75. The molecule has 2 aromatic carbocycles. The summed E-state index contributed by atoms with van der Waals surface area (Å²) in [5, 5.41) is 7.68. The number of carbonyl (C=O) groups is 1. The average molecular weight is 565 g/mol. The lowest BCUT2D eigenvalue weighted by Crippen LogP contribution is -2.44. The monoisotopic (exact) mass is 564 g/mol. The van der Waals surface area contributed by atoms with Crippen LogP contribution in [-0.2, 0) is 18.4 Å². The van der Waals surface area contributed by atoms with Gasteiger partial charge in [0.25, 0.3) is 0 Å². The van der Waals surface area contributed by atoms with E-state index in [0.717, 1.165) is 0 Å². The van der Waals surface area contributed by atoms with Gasteiger partial charge >= 0.3 is 12.1 Å². The molecule has 1 saturated heterocycles. The smallest absolute Gasteiger partial charge is 0.419 e. The number of benzene rings is 2. The van der Waals surface area contributed by atoms with Crippen LogP contribution in [0.4, 0.5) is 23.5 Å². The van der Waals surface area contributed by atoms with E-state index in [9.17, 15) is 22.4 Å². The summed E-state index contributed by atoms with van der Waals surface area (Å²) in [5.41, 5.74) is 3.61. The summed E-state index contributed by atoms with van der Waals surface area (Å²) in [5.74, 6) is -2.57. The van der Waals surface area contributed by atoms with Crippen LogP contribution >= 0.6 is 11.6 Å².